The molecule has 0 fully saturated rings. The highest BCUT2D eigenvalue weighted by molar-refractivity contribution is 6.33. The summed E-state index contributed by atoms with van der Waals surface area (Å²) in [5.41, 5.74) is 4.59. The van der Waals surface area contributed by atoms with E-state index in [9.17, 15) is 4.39 Å². The van der Waals surface area contributed by atoms with Crippen LogP contribution in [0.3, 0.4) is 0 Å². The van der Waals surface area contributed by atoms with Gasteiger partial charge in [-0.1, -0.05) is 35.4 Å². The molecule has 2 aromatic carbocycles. The molecule has 0 aliphatic heterocycles. The topological polar surface area (TPSA) is 12.0 Å². The Morgan fingerprint density at radius 1 is 1.21 bits per heavy atom. The van der Waals surface area contributed by atoms with Gasteiger partial charge in [-0.15, -0.1) is 0 Å². The fourth-order valence-corrected chi connectivity index (χ4v) is 2.84. The summed E-state index contributed by atoms with van der Waals surface area (Å²) in [5.74, 6) is -0.269. The first kappa shape index (κ1) is 12.5. The van der Waals surface area contributed by atoms with Crippen LogP contribution in [0.5, 0.6) is 0 Å². The Kier molecular flexibility index (Phi) is 3.19. The molecule has 2 aromatic rings. The summed E-state index contributed by atoms with van der Waals surface area (Å²) in [7, 11) is 0. The first-order valence-electron chi connectivity index (χ1n) is 6.44. The Bertz CT molecular complexity index is 624. The number of halogens is 2. The molecular weight excluding hydrogens is 261 g/mol. The third kappa shape index (κ3) is 2.45. The lowest BCUT2D eigenvalue weighted by Gasteiger charge is -2.17. The third-order valence-corrected chi connectivity index (χ3v) is 3.97. The number of aryl methyl sites for hydroxylation is 2. The number of benzene rings is 2. The quantitative estimate of drug-likeness (QED) is 0.823. The van der Waals surface area contributed by atoms with Gasteiger partial charge in [-0.3, -0.25) is 0 Å². The van der Waals surface area contributed by atoms with E-state index in [1.54, 1.807) is 6.07 Å². The minimum absolute atomic E-state index is 0.217. The molecule has 98 valence electrons. The molecule has 3 rings (SSSR count). The van der Waals surface area contributed by atoms with E-state index in [-0.39, 0.29) is 11.9 Å². The van der Waals surface area contributed by atoms with Gasteiger partial charge in [0, 0.05) is 0 Å². The van der Waals surface area contributed by atoms with E-state index in [0.29, 0.717) is 10.7 Å². The Morgan fingerprint density at radius 2 is 2.05 bits per heavy atom. The lowest BCUT2D eigenvalue weighted by Crippen LogP contribution is -2.07. The van der Waals surface area contributed by atoms with E-state index < -0.39 is 0 Å². The molecule has 0 aromatic heterocycles. The van der Waals surface area contributed by atoms with E-state index in [0.717, 1.165) is 12.8 Å². The van der Waals surface area contributed by atoms with Crippen LogP contribution >= 0.6 is 11.6 Å². The fourth-order valence-electron chi connectivity index (χ4n) is 2.67. The monoisotopic (exact) mass is 275 g/mol. The molecule has 3 heteroatoms. The average Bonchev–Trinajstić information content (AvgIpc) is 2.77. The minimum atomic E-state index is -0.269. The van der Waals surface area contributed by atoms with Crippen LogP contribution in [0.4, 0.5) is 10.1 Å². The van der Waals surface area contributed by atoms with Crippen molar-refractivity contribution in [3.8, 4) is 0 Å². The van der Waals surface area contributed by atoms with Crippen LogP contribution in [0.1, 0.15) is 29.2 Å². The second-order valence-electron chi connectivity index (χ2n) is 5.06. The number of hydrogen-bond donors (Lipinski definition) is 1. The molecule has 1 nitrogen and oxygen atoms in total. The highest BCUT2D eigenvalue weighted by atomic mass is 35.5. The minimum Gasteiger partial charge on any atom is -0.377 e. The molecule has 1 atom stereocenters. The SMILES string of the molecule is Cc1ccc2c(c1)C(Nc1cc(F)ccc1Cl)CC2. The van der Waals surface area contributed by atoms with E-state index >= 15 is 0 Å². The van der Waals surface area contributed by atoms with Crippen LogP contribution in [-0.2, 0) is 6.42 Å². The summed E-state index contributed by atoms with van der Waals surface area (Å²) in [6.07, 6.45) is 2.08. The second kappa shape index (κ2) is 4.86. The smallest absolute Gasteiger partial charge is 0.125 e. The molecule has 0 bridgehead atoms. The number of anilines is 1. The lowest BCUT2D eigenvalue weighted by molar-refractivity contribution is 0.627. The molecule has 0 spiro atoms. The van der Waals surface area contributed by atoms with Gasteiger partial charge >= 0.3 is 0 Å². The standard InChI is InChI=1S/C16H15ClFN/c1-10-2-3-11-4-7-15(13(11)8-10)19-16-9-12(18)5-6-14(16)17/h2-3,5-6,8-9,15,19H,4,7H2,1H3. The zero-order valence-electron chi connectivity index (χ0n) is 10.7. The molecule has 1 aliphatic carbocycles. The van der Waals surface area contributed by atoms with Gasteiger partial charge in [0.25, 0.3) is 0 Å². The molecule has 1 aliphatic rings. The van der Waals surface area contributed by atoms with Crippen molar-refractivity contribution in [3.63, 3.8) is 0 Å². The van der Waals surface area contributed by atoms with E-state index in [1.165, 1.54) is 28.8 Å². The van der Waals surface area contributed by atoms with Crippen LogP contribution in [0, 0.1) is 12.7 Å². The van der Waals surface area contributed by atoms with Crippen LogP contribution < -0.4 is 5.32 Å². The van der Waals surface area contributed by atoms with Gasteiger partial charge < -0.3 is 5.32 Å². The van der Waals surface area contributed by atoms with Gasteiger partial charge in [-0.2, -0.15) is 0 Å². The van der Waals surface area contributed by atoms with Crippen LogP contribution in [0.2, 0.25) is 5.02 Å². The summed E-state index contributed by atoms with van der Waals surface area (Å²) in [4.78, 5) is 0. The van der Waals surface area contributed by atoms with Crippen LogP contribution in [0.15, 0.2) is 36.4 Å². The maximum atomic E-state index is 13.3. The Hall–Kier alpha value is -1.54. The van der Waals surface area contributed by atoms with Crippen molar-refractivity contribution in [2.45, 2.75) is 25.8 Å². The first-order chi connectivity index (χ1) is 9.13. The van der Waals surface area contributed by atoms with Crippen molar-refractivity contribution >= 4 is 17.3 Å². The van der Waals surface area contributed by atoms with Gasteiger partial charge in [-0.05, 0) is 49.1 Å². The molecule has 19 heavy (non-hydrogen) atoms. The number of nitrogens with one attached hydrogen (secondary N) is 1. The van der Waals surface area contributed by atoms with Crippen molar-refractivity contribution in [3.05, 3.63) is 63.9 Å². The summed E-state index contributed by atoms with van der Waals surface area (Å²) in [6.45, 7) is 2.09. The van der Waals surface area contributed by atoms with Crippen molar-refractivity contribution in [2.75, 3.05) is 5.32 Å². The maximum absolute atomic E-state index is 13.3. The molecule has 0 saturated heterocycles. The van der Waals surface area contributed by atoms with Crippen LogP contribution in [0.25, 0.3) is 0 Å². The van der Waals surface area contributed by atoms with E-state index in [4.69, 9.17) is 11.6 Å². The summed E-state index contributed by atoms with van der Waals surface area (Å²) < 4.78 is 13.3. The second-order valence-corrected chi connectivity index (χ2v) is 5.47. The van der Waals surface area contributed by atoms with Gasteiger partial charge in [0.1, 0.15) is 5.82 Å². The predicted molar refractivity (Wildman–Crippen MR) is 77.3 cm³/mol. The lowest BCUT2D eigenvalue weighted by atomic mass is 10.0. The highest BCUT2D eigenvalue weighted by Gasteiger charge is 2.22. The zero-order valence-corrected chi connectivity index (χ0v) is 11.5. The van der Waals surface area contributed by atoms with Crippen molar-refractivity contribution in [2.24, 2.45) is 0 Å². The van der Waals surface area contributed by atoms with E-state index in [2.05, 4.69) is 30.4 Å². The maximum Gasteiger partial charge on any atom is 0.125 e. The summed E-state index contributed by atoms with van der Waals surface area (Å²) >= 11 is 6.10. The third-order valence-electron chi connectivity index (χ3n) is 3.64. The summed E-state index contributed by atoms with van der Waals surface area (Å²) in [5, 5.41) is 3.92. The normalized spacial score (nSPS) is 17.3. The Balaban J connectivity index is 1.90. The molecule has 0 radical (unpaired) electrons. The number of hydrogen-bond acceptors (Lipinski definition) is 1. The Labute approximate surface area is 117 Å². The van der Waals surface area contributed by atoms with Gasteiger partial charge in [0.05, 0.1) is 16.8 Å². The van der Waals surface area contributed by atoms with Crippen molar-refractivity contribution < 1.29 is 4.39 Å². The summed E-state index contributed by atoms with van der Waals surface area (Å²) in [6, 6.07) is 11.2. The van der Waals surface area contributed by atoms with Crippen LogP contribution in [-0.4, -0.2) is 0 Å². The van der Waals surface area contributed by atoms with Gasteiger partial charge in [-0.25, -0.2) is 4.39 Å². The highest BCUT2D eigenvalue weighted by Crippen LogP contribution is 2.36. The van der Waals surface area contributed by atoms with Gasteiger partial charge in [0.2, 0.25) is 0 Å². The number of fused-ring (bicyclic) bond motifs is 1. The predicted octanol–water partition coefficient (Wildman–Crippen LogP) is 4.89. The molecule has 1 unspecified atom stereocenters. The molecule has 0 heterocycles. The largest absolute Gasteiger partial charge is 0.377 e. The fraction of sp³-hybridized carbons (Fsp3) is 0.250. The molecule has 0 saturated carbocycles. The molecular formula is C16H15ClFN. The number of rotatable bonds is 2. The molecule has 1 N–H and O–H groups in total. The Morgan fingerprint density at radius 3 is 2.89 bits per heavy atom. The van der Waals surface area contributed by atoms with Crippen molar-refractivity contribution in [1.82, 2.24) is 0 Å². The van der Waals surface area contributed by atoms with E-state index in [1.807, 2.05) is 0 Å². The molecule has 0 amide bonds. The van der Waals surface area contributed by atoms with Gasteiger partial charge in [0.15, 0.2) is 0 Å². The first-order valence-corrected chi connectivity index (χ1v) is 6.82. The zero-order chi connectivity index (χ0) is 13.4. The van der Waals surface area contributed by atoms with Crippen molar-refractivity contribution in [1.29, 1.82) is 0 Å². The average molecular weight is 276 g/mol.